The zero-order valence-electron chi connectivity index (χ0n) is 34.4. The minimum atomic E-state index is 0. The maximum Gasteiger partial charge on any atom is -0.0279 e. The van der Waals surface area contributed by atoms with Gasteiger partial charge in [0.25, 0.3) is 0 Å². The number of hydrogen-bond acceptors (Lipinski definition) is 0. The minimum absolute atomic E-state index is 0. The fourth-order valence-electron chi connectivity index (χ4n) is 9.53. The molecule has 2 radical (unpaired) electrons. The van der Waals surface area contributed by atoms with Crippen molar-refractivity contribution in [1.29, 1.82) is 0 Å². The summed E-state index contributed by atoms with van der Waals surface area (Å²) >= 11 is 1.36. The molecule has 0 bridgehead atoms. The molecule has 2 fully saturated rings. The molecule has 2 aliphatic carbocycles. The van der Waals surface area contributed by atoms with Gasteiger partial charge in [-0.25, -0.2) is 0 Å². The van der Waals surface area contributed by atoms with Crippen molar-refractivity contribution in [3.8, 4) is 44.5 Å². The van der Waals surface area contributed by atoms with Crippen LogP contribution < -0.4 is 0 Å². The van der Waals surface area contributed by atoms with Gasteiger partial charge in [-0.15, -0.1) is 44.8 Å². The smallest absolute Gasteiger partial charge is 0.0279 e. The SMILES string of the molecule is [CH3-].[CH3-].[Si]=[Zr].c1ccc(-c2ccc(-c3ccccc3)c3[cH-]c(CC4CCCC4)cc23)cc1.c1ccc(-c2ccc(-c3ccccc3)c3[cH-]c(CC4CCCC4)cc23)cc1. The number of benzene rings is 6. The predicted molar refractivity (Wildman–Crippen MR) is 251 cm³/mol. The first-order valence-corrected chi connectivity index (χ1v) is 24.9. The van der Waals surface area contributed by atoms with Crippen molar-refractivity contribution in [2.24, 2.45) is 11.8 Å². The third-order valence-corrected chi connectivity index (χ3v) is 12.2. The van der Waals surface area contributed by atoms with Gasteiger partial charge in [-0.2, -0.15) is 12.1 Å². The Bertz CT molecular complexity index is 2120. The maximum atomic E-state index is 3.06. The summed E-state index contributed by atoms with van der Waals surface area (Å²) in [7, 11) is 0. The van der Waals surface area contributed by atoms with Gasteiger partial charge in [0.15, 0.2) is 0 Å². The molecule has 0 aromatic heterocycles. The first-order chi connectivity index (χ1) is 27.8. The van der Waals surface area contributed by atoms with E-state index >= 15 is 0 Å². The van der Waals surface area contributed by atoms with E-state index in [0.717, 1.165) is 11.8 Å². The number of hydrogen-bond donors (Lipinski definition) is 0. The quantitative estimate of drug-likeness (QED) is 0.106. The van der Waals surface area contributed by atoms with Gasteiger partial charge in [-0.05, 0) is 35.8 Å². The van der Waals surface area contributed by atoms with Crippen LogP contribution >= 0.6 is 0 Å². The van der Waals surface area contributed by atoms with Crippen LogP contribution in [0.4, 0.5) is 0 Å². The van der Waals surface area contributed by atoms with E-state index in [1.54, 1.807) is 0 Å². The average Bonchev–Trinajstić information content (AvgIpc) is 4.12. The van der Waals surface area contributed by atoms with Crippen LogP contribution in [0.3, 0.4) is 0 Å². The zero-order valence-corrected chi connectivity index (χ0v) is 37.8. The fourth-order valence-corrected chi connectivity index (χ4v) is 9.53. The van der Waals surface area contributed by atoms with Gasteiger partial charge in [0, 0.05) is 0 Å². The van der Waals surface area contributed by atoms with E-state index in [0.29, 0.717) is 0 Å². The van der Waals surface area contributed by atoms with Gasteiger partial charge in [-0.3, -0.25) is 0 Å². The monoisotopic (exact) mass is 846 g/mol. The van der Waals surface area contributed by atoms with Gasteiger partial charge in [0.1, 0.15) is 0 Å². The minimum Gasteiger partial charge on any atom is -0.164 e. The van der Waals surface area contributed by atoms with Crippen molar-refractivity contribution in [3.63, 3.8) is 0 Å². The van der Waals surface area contributed by atoms with E-state index in [2.05, 4.69) is 177 Å². The molecule has 0 aliphatic heterocycles. The molecular weight excluding hydrogens is 792 g/mol. The Morgan fingerprint density at radius 2 is 0.672 bits per heavy atom. The van der Waals surface area contributed by atoms with Gasteiger partial charge >= 0.3 is 30.2 Å². The Labute approximate surface area is 365 Å². The van der Waals surface area contributed by atoms with E-state index in [1.807, 2.05) is 0 Å². The molecule has 2 heteroatoms. The first-order valence-electron chi connectivity index (χ1n) is 20.7. The zero-order chi connectivity index (χ0) is 38.1. The van der Waals surface area contributed by atoms with Crippen LogP contribution in [-0.4, -0.2) is 6.88 Å². The molecular formula is C56H56SiZr-4. The summed E-state index contributed by atoms with van der Waals surface area (Å²) in [5, 5.41) is 5.59. The predicted octanol–water partition coefficient (Wildman–Crippen LogP) is 15.8. The molecule has 2 saturated carbocycles. The van der Waals surface area contributed by atoms with Crippen LogP contribution in [0.5, 0.6) is 0 Å². The molecule has 0 saturated heterocycles. The molecule has 8 aromatic rings. The molecule has 0 atom stereocenters. The van der Waals surface area contributed by atoms with Crippen LogP contribution in [0.2, 0.25) is 0 Å². The van der Waals surface area contributed by atoms with Gasteiger partial charge in [0.05, 0.1) is 0 Å². The molecule has 8 aromatic carbocycles. The fraction of sp³-hybridized carbons (Fsp3) is 0.214. The molecule has 0 amide bonds. The Kier molecular flexibility index (Phi) is 15.7. The molecule has 0 unspecified atom stereocenters. The van der Waals surface area contributed by atoms with Crippen LogP contribution in [-0.2, 0) is 36.2 Å². The Morgan fingerprint density at radius 3 is 0.983 bits per heavy atom. The molecule has 0 heterocycles. The third kappa shape index (κ3) is 9.90. The van der Waals surface area contributed by atoms with Crippen LogP contribution in [0, 0.1) is 26.7 Å². The van der Waals surface area contributed by atoms with Crippen LogP contribution in [0.15, 0.2) is 170 Å². The van der Waals surface area contributed by atoms with Crippen molar-refractivity contribution in [3.05, 3.63) is 196 Å². The van der Waals surface area contributed by atoms with E-state index in [1.165, 1.54) is 165 Å². The first kappa shape index (κ1) is 43.2. The summed E-state index contributed by atoms with van der Waals surface area (Å²) in [6.07, 6.45) is 13.7. The molecule has 292 valence electrons. The van der Waals surface area contributed by atoms with Crippen molar-refractivity contribution < 1.29 is 23.3 Å². The van der Waals surface area contributed by atoms with E-state index in [9.17, 15) is 0 Å². The topological polar surface area (TPSA) is 0 Å². The van der Waals surface area contributed by atoms with Gasteiger partial charge in [-0.1, -0.05) is 230 Å². The molecule has 2 aliphatic rings. The van der Waals surface area contributed by atoms with Crippen molar-refractivity contribution in [2.45, 2.75) is 64.2 Å². The largest absolute Gasteiger partial charge is 0.164 e. The summed E-state index contributed by atoms with van der Waals surface area (Å²) in [6.45, 7) is 3.06. The molecule has 0 N–H and O–H groups in total. The molecule has 10 rings (SSSR count). The molecule has 58 heavy (non-hydrogen) atoms. The number of fused-ring (bicyclic) bond motifs is 2. The second-order valence-electron chi connectivity index (χ2n) is 15.9. The summed E-state index contributed by atoms with van der Waals surface area (Å²) in [5.74, 6) is 1.75. The van der Waals surface area contributed by atoms with Gasteiger partial charge in [0.2, 0.25) is 0 Å². The van der Waals surface area contributed by atoms with E-state index < -0.39 is 0 Å². The summed E-state index contributed by atoms with van der Waals surface area (Å²) in [6, 6.07) is 62.3. The number of rotatable bonds is 8. The maximum absolute atomic E-state index is 3.06. The molecule has 0 spiro atoms. The van der Waals surface area contributed by atoms with Crippen molar-refractivity contribution >= 4 is 28.4 Å². The second kappa shape index (κ2) is 21.1. The Hall–Kier alpha value is -4.36. The van der Waals surface area contributed by atoms with Crippen molar-refractivity contribution in [2.75, 3.05) is 0 Å². The standard InChI is InChI=1S/2C27H25.2CH3.Si.Zr/c2*1-3-11-22(12-4-1)24-15-16-25(23-13-5-2-6-14-23)27-19-21(18-26(24)27)17-20-9-7-8-10-20;;;;/h2*1-6,11-16,18-20H,7-10,17H2;2*1H3;;/q4*-1;;. The summed E-state index contributed by atoms with van der Waals surface area (Å²) < 4.78 is 0. The normalized spacial score (nSPS) is 13.8. The molecule has 0 nitrogen and oxygen atoms in total. The van der Waals surface area contributed by atoms with Gasteiger partial charge < -0.3 is 14.9 Å². The third-order valence-electron chi connectivity index (χ3n) is 12.2. The second-order valence-corrected chi connectivity index (χ2v) is 15.9. The summed E-state index contributed by atoms with van der Waals surface area (Å²) in [4.78, 5) is 0. The Balaban J connectivity index is 0.000000182. The van der Waals surface area contributed by atoms with Crippen molar-refractivity contribution in [1.82, 2.24) is 0 Å². The summed E-state index contributed by atoms with van der Waals surface area (Å²) in [5.41, 5.74) is 13.6. The Morgan fingerprint density at radius 1 is 0.397 bits per heavy atom. The van der Waals surface area contributed by atoms with E-state index in [4.69, 9.17) is 0 Å². The van der Waals surface area contributed by atoms with Crippen LogP contribution in [0.1, 0.15) is 62.5 Å². The van der Waals surface area contributed by atoms with Crippen LogP contribution in [0.25, 0.3) is 66.1 Å². The van der Waals surface area contributed by atoms with E-state index in [-0.39, 0.29) is 14.9 Å². The average molecular weight is 848 g/mol.